The van der Waals surface area contributed by atoms with E-state index >= 15 is 0 Å². The lowest BCUT2D eigenvalue weighted by Crippen LogP contribution is -2.46. The minimum atomic E-state index is 0.697. The van der Waals surface area contributed by atoms with E-state index in [9.17, 15) is 0 Å². The first kappa shape index (κ1) is 18.6. The third-order valence-corrected chi connectivity index (χ3v) is 5.15. The van der Waals surface area contributed by atoms with Gasteiger partial charge in [-0.05, 0) is 32.4 Å². The third kappa shape index (κ3) is 4.04. The fourth-order valence-corrected chi connectivity index (χ4v) is 3.37. The van der Waals surface area contributed by atoms with Gasteiger partial charge in [0.15, 0.2) is 5.82 Å². The van der Waals surface area contributed by atoms with Crippen LogP contribution in [0.15, 0.2) is 34.9 Å². The Morgan fingerprint density at radius 2 is 1.86 bits per heavy atom. The molecule has 3 aromatic heterocycles. The summed E-state index contributed by atoms with van der Waals surface area (Å²) in [4.78, 5) is 23.1. The van der Waals surface area contributed by atoms with Crippen LogP contribution in [0, 0.1) is 13.8 Å². The summed E-state index contributed by atoms with van der Waals surface area (Å²) in [6.45, 7) is 10.6. The quantitative estimate of drug-likeness (QED) is 0.676. The van der Waals surface area contributed by atoms with Gasteiger partial charge in [-0.15, -0.1) is 0 Å². The van der Waals surface area contributed by atoms with Crippen molar-refractivity contribution in [1.82, 2.24) is 24.8 Å². The van der Waals surface area contributed by atoms with Crippen LogP contribution in [-0.4, -0.2) is 51.0 Å². The van der Waals surface area contributed by atoms with Gasteiger partial charge < -0.3 is 9.32 Å². The molecule has 0 spiro atoms. The average molecular weight is 378 g/mol. The SMILES string of the molecule is CCc1cc(N2CCN(Cc3nc(C)c(C)o3)CC2)nc(-c2ccccn2)n1. The van der Waals surface area contributed by atoms with E-state index in [-0.39, 0.29) is 0 Å². The normalized spacial score (nSPS) is 15.2. The second-order valence-electron chi connectivity index (χ2n) is 7.12. The highest BCUT2D eigenvalue weighted by molar-refractivity contribution is 5.54. The highest BCUT2D eigenvalue weighted by Gasteiger charge is 2.21. The lowest BCUT2D eigenvalue weighted by Gasteiger charge is -2.35. The Labute approximate surface area is 165 Å². The van der Waals surface area contributed by atoms with Gasteiger partial charge in [0.25, 0.3) is 0 Å². The Morgan fingerprint density at radius 1 is 1.04 bits per heavy atom. The maximum atomic E-state index is 5.73. The predicted molar refractivity (Wildman–Crippen MR) is 108 cm³/mol. The number of rotatable bonds is 5. The first-order valence-corrected chi connectivity index (χ1v) is 9.82. The van der Waals surface area contributed by atoms with E-state index in [0.29, 0.717) is 5.82 Å². The molecule has 7 heteroatoms. The molecule has 0 N–H and O–H groups in total. The number of nitrogens with zero attached hydrogens (tertiary/aromatic N) is 6. The molecule has 1 aliphatic rings. The molecule has 28 heavy (non-hydrogen) atoms. The van der Waals surface area contributed by atoms with E-state index in [1.807, 2.05) is 32.0 Å². The molecule has 0 aliphatic carbocycles. The lowest BCUT2D eigenvalue weighted by atomic mass is 10.2. The van der Waals surface area contributed by atoms with Gasteiger partial charge in [0.2, 0.25) is 5.89 Å². The van der Waals surface area contributed by atoms with E-state index in [4.69, 9.17) is 9.40 Å². The molecule has 0 bridgehead atoms. The van der Waals surface area contributed by atoms with Gasteiger partial charge in [0.05, 0.1) is 12.2 Å². The fraction of sp³-hybridized carbons (Fsp3) is 0.429. The number of anilines is 1. The summed E-state index contributed by atoms with van der Waals surface area (Å²) in [6, 6.07) is 7.93. The minimum Gasteiger partial charge on any atom is -0.444 e. The van der Waals surface area contributed by atoms with Crippen LogP contribution >= 0.6 is 0 Å². The van der Waals surface area contributed by atoms with Gasteiger partial charge in [0, 0.05) is 44.1 Å². The van der Waals surface area contributed by atoms with Crippen molar-refractivity contribution in [3.05, 3.63) is 53.5 Å². The highest BCUT2D eigenvalue weighted by Crippen LogP contribution is 2.21. The summed E-state index contributed by atoms with van der Waals surface area (Å²) in [5, 5.41) is 0. The molecule has 0 radical (unpaired) electrons. The Morgan fingerprint density at radius 3 is 2.50 bits per heavy atom. The molecule has 146 valence electrons. The number of aromatic nitrogens is 4. The number of aryl methyl sites for hydroxylation is 3. The van der Waals surface area contributed by atoms with Crippen molar-refractivity contribution in [1.29, 1.82) is 0 Å². The topological polar surface area (TPSA) is 71.2 Å². The summed E-state index contributed by atoms with van der Waals surface area (Å²) in [5.41, 5.74) is 2.83. The van der Waals surface area contributed by atoms with Crippen molar-refractivity contribution >= 4 is 5.82 Å². The fourth-order valence-electron chi connectivity index (χ4n) is 3.37. The van der Waals surface area contributed by atoms with E-state index in [2.05, 4.69) is 37.7 Å². The summed E-state index contributed by atoms with van der Waals surface area (Å²) >= 11 is 0. The molecule has 0 unspecified atom stereocenters. The molecular formula is C21H26N6O. The molecule has 1 saturated heterocycles. The third-order valence-electron chi connectivity index (χ3n) is 5.15. The van der Waals surface area contributed by atoms with Crippen LogP contribution in [0.5, 0.6) is 0 Å². The molecular weight excluding hydrogens is 352 g/mol. The van der Waals surface area contributed by atoms with E-state index in [0.717, 1.165) is 73.7 Å². The van der Waals surface area contributed by atoms with Crippen molar-refractivity contribution in [3.63, 3.8) is 0 Å². The summed E-state index contributed by atoms with van der Waals surface area (Å²) in [5.74, 6) is 3.39. The van der Waals surface area contributed by atoms with Gasteiger partial charge in [0.1, 0.15) is 17.3 Å². The minimum absolute atomic E-state index is 0.697. The Kier molecular flexibility index (Phi) is 5.34. The molecule has 0 aromatic carbocycles. The number of piperazine rings is 1. The van der Waals surface area contributed by atoms with Crippen LogP contribution in [0.25, 0.3) is 11.5 Å². The first-order valence-electron chi connectivity index (χ1n) is 9.82. The van der Waals surface area contributed by atoms with Crippen molar-refractivity contribution in [2.45, 2.75) is 33.7 Å². The highest BCUT2D eigenvalue weighted by atomic mass is 16.4. The van der Waals surface area contributed by atoms with Gasteiger partial charge >= 0.3 is 0 Å². The molecule has 4 heterocycles. The van der Waals surface area contributed by atoms with Gasteiger partial charge in [-0.3, -0.25) is 9.88 Å². The molecule has 0 amide bonds. The second-order valence-corrected chi connectivity index (χ2v) is 7.12. The number of hydrogen-bond donors (Lipinski definition) is 0. The average Bonchev–Trinajstić information content (AvgIpc) is 3.05. The standard InChI is InChI=1S/C21H26N6O/c1-4-17-13-19(25-21(24-17)18-7-5-6-8-22-18)27-11-9-26(10-12-27)14-20-23-15(2)16(3)28-20/h5-8,13H,4,9-12,14H2,1-3H3. The molecule has 3 aromatic rings. The molecule has 7 nitrogen and oxygen atoms in total. The van der Waals surface area contributed by atoms with Crippen molar-refractivity contribution in [3.8, 4) is 11.5 Å². The largest absolute Gasteiger partial charge is 0.444 e. The zero-order valence-corrected chi connectivity index (χ0v) is 16.7. The Balaban J connectivity index is 1.46. The van der Waals surface area contributed by atoms with Crippen molar-refractivity contribution < 1.29 is 4.42 Å². The van der Waals surface area contributed by atoms with Gasteiger partial charge in [-0.25, -0.2) is 15.0 Å². The Hall–Kier alpha value is -2.80. The van der Waals surface area contributed by atoms with Crippen LogP contribution < -0.4 is 4.90 Å². The monoisotopic (exact) mass is 378 g/mol. The zero-order chi connectivity index (χ0) is 19.5. The van der Waals surface area contributed by atoms with Crippen LogP contribution in [0.1, 0.15) is 30.0 Å². The number of oxazole rings is 1. The van der Waals surface area contributed by atoms with Crippen molar-refractivity contribution in [2.24, 2.45) is 0 Å². The number of pyridine rings is 1. The van der Waals surface area contributed by atoms with Crippen LogP contribution in [-0.2, 0) is 13.0 Å². The van der Waals surface area contributed by atoms with Gasteiger partial charge in [-0.1, -0.05) is 13.0 Å². The maximum Gasteiger partial charge on any atom is 0.208 e. The number of hydrogen-bond acceptors (Lipinski definition) is 7. The predicted octanol–water partition coefficient (Wildman–Crippen LogP) is 3.03. The Bertz CT molecular complexity index is 912. The van der Waals surface area contributed by atoms with E-state index in [1.165, 1.54) is 0 Å². The summed E-state index contributed by atoms with van der Waals surface area (Å²) < 4.78 is 5.73. The van der Waals surface area contributed by atoms with Crippen LogP contribution in [0.2, 0.25) is 0 Å². The molecule has 4 rings (SSSR count). The van der Waals surface area contributed by atoms with Gasteiger partial charge in [-0.2, -0.15) is 0 Å². The lowest BCUT2D eigenvalue weighted by molar-refractivity contribution is 0.224. The summed E-state index contributed by atoms with van der Waals surface area (Å²) in [6.07, 6.45) is 2.65. The van der Waals surface area contributed by atoms with E-state index in [1.54, 1.807) is 6.20 Å². The first-order chi connectivity index (χ1) is 13.6. The van der Waals surface area contributed by atoms with Crippen LogP contribution in [0.3, 0.4) is 0 Å². The smallest absolute Gasteiger partial charge is 0.208 e. The summed E-state index contributed by atoms with van der Waals surface area (Å²) in [7, 11) is 0. The van der Waals surface area contributed by atoms with Crippen molar-refractivity contribution in [2.75, 3.05) is 31.1 Å². The molecule has 1 fully saturated rings. The molecule has 1 aliphatic heterocycles. The maximum absolute atomic E-state index is 5.73. The molecule has 0 saturated carbocycles. The van der Waals surface area contributed by atoms with E-state index < -0.39 is 0 Å². The van der Waals surface area contributed by atoms with Crippen LogP contribution in [0.4, 0.5) is 5.82 Å². The second kappa shape index (κ2) is 8.06. The molecule has 0 atom stereocenters. The zero-order valence-electron chi connectivity index (χ0n) is 16.7.